The van der Waals surface area contributed by atoms with E-state index in [0.717, 1.165) is 44.2 Å². The molecule has 0 saturated heterocycles. The molecule has 0 amide bonds. The topological polar surface area (TPSA) is 17.1 Å². The minimum absolute atomic E-state index is 0.0785. The summed E-state index contributed by atoms with van der Waals surface area (Å²) in [5, 5.41) is 0. The first-order chi connectivity index (χ1) is 8.95. The second kappa shape index (κ2) is 7.31. The van der Waals surface area contributed by atoms with Gasteiger partial charge in [-0.25, -0.2) is 0 Å². The third-order valence-corrected chi connectivity index (χ3v) is 3.04. The van der Waals surface area contributed by atoms with Crippen molar-refractivity contribution in [2.45, 2.75) is 51.6 Å². The number of unbranched alkanes of at least 4 members (excludes halogenated alkanes) is 4. The van der Waals surface area contributed by atoms with Crippen LogP contribution < -0.4 is 0 Å². The zero-order chi connectivity index (χ0) is 14.3. The third-order valence-electron chi connectivity index (χ3n) is 3.04. The first-order valence-corrected chi connectivity index (χ1v) is 6.65. The molecule has 0 aliphatic carbocycles. The predicted octanol–water partition coefficient (Wildman–Crippen LogP) is 5.25. The van der Waals surface area contributed by atoms with Crippen LogP contribution in [0.5, 0.6) is 0 Å². The highest BCUT2D eigenvalue weighted by molar-refractivity contribution is 5.96. The minimum Gasteiger partial charge on any atom is -0.294 e. The van der Waals surface area contributed by atoms with Gasteiger partial charge in [0.2, 0.25) is 0 Å². The Kier molecular flexibility index (Phi) is 6.06. The van der Waals surface area contributed by atoms with E-state index < -0.39 is 11.7 Å². The van der Waals surface area contributed by atoms with Gasteiger partial charge in [0.05, 0.1) is 5.56 Å². The molecule has 0 bridgehead atoms. The largest absolute Gasteiger partial charge is 0.416 e. The maximum absolute atomic E-state index is 12.4. The van der Waals surface area contributed by atoms with Crippen molar-refractivity contribution >= 4 is 5.78 Å². The Morgan fingerprint density at radius 3 is 2.11 bits per heavy atom. The van der Waals surface area contributed by atoms with Gasteiger partial charge in [0.25, 0.3) is 0 Å². The fourth-order valence-corrected chi connectivity index (χ4v) is 1.88. The Morgan fingerprint density at radius 2 is 1.58 bits per heavy atom. The molecule has 0 spiro atoms. The molecule has 19 heavy (non-hydrogen) atoms. The van der Waals surface area contributed by atoms with E-state index in [2.05, 4.69) is 6.92 Å². The summed E-state index contributed by atoms with van der Waals surface area (Å²) < 4.78 is 37.1. The maximum atomic E-state index is 12.4. The van der Waals surface area contributed by atoms with E-state index in [0.29, 0.717) is 12.0 Å². The van der Waals surface area contributed by atoms with Crippen LogP contribution in [0.25, 0.3) is 0 Å². The molecule has 106 valence electrons. The average molecular weight is 272 g/mol. The first kappa shape index (κ1) is 15.7. The van der Waals surface area contributed by atoms with Gasteiger partial charge in [-0.05, 0) is 18.6 Å². The summed E-state index contributed by atoms with van der Waals surface area (Å²) in [6.45, 7) is 2.12. The van der Waals surface area contributed by atoms with Gasteiger partial charge in [-0.3, -0.25) is 4.79 Å². The van der Waals surface area contributed by atoms with E-state index in [4.69, 9.17) is 0 Å². The lowest BCUT2D eigenvalue weighted by Crippen LogP contribution is -2.06. The molecule has 1 rings (SSSR count). The molecule has 1 aromatic rings. The van der Waals surface area contributed by atoms with E-state index in [1.807, 2.05) is 0 Å². The zero-order valence-corrected chi connectivity index (χ0v) is 11.1. The molecule has 1 aromatic carbocycles. The fourth-order valence-electron chi connectivity index (χ4n) is 1.88. The number of ketones is 1. The van der Waals surface area contributed by atoms with Crippen LogP contribution in [0.15, 0.2) is 24.3 Å². The van der Waals surface area contributed by atoms with Gasteiger partial charge in [-0.15, -0.1) is 0 Å². The quantitative estimate of drug-likeness (QED) is 0.489. The smallest absolute Gasteiger partial charge is 0.294 e. The highest BCUT2D eigenvalue weighted by atomic mass is 19.4. The molecular formula is C15H19F3O. The molecule has 0 unspecified atom stereocenters. The standard InChI is InChI=1S/C15H19F3O/c1-2-3-4-5-6-7-14(19)12-8-10-13(11-9-12)15(16,17)18/h8-11H,2-7H2,1H3. The molecule has 0 aliphatic heterocycles. The molecule has 0 N–H and O–H groups in total. The molecule has 0 radical (unpaired) electrons. The number of hydrogen-bond acceptors (Lipinski definition) is 1. The Balaban J connectivity index is 2.45. The summed E-state index contributed by atoms with van der Waals surface area (Å²) in [7, 11) is 0. The van der Waals surface area contributed by atoms with Crippen LogP contribution >= 0.6 is 0 Å². The summed E-state index contributed by atoms with van der Waals surface area (Å²) in [4.78, 5) is 11.8. The summed E-state index contributed by atoms with van der Waals surface area (Å²) >= 11 is 0. The maximum Gasteiger partial charge on any atom is 0.416 e. The van der Waals surface area contributed by atoms with Gasteiger partial charge in [0, 0.05) is 12.0 Å². The van der Waals surface area contributed by atoms with Crippen LogP contribution in [-0.2, 0) is 6.18 Å². The second-order valence-electron chi connectivity index (χ2n) is 4.66. The van der Waals surface area contributed by atoms with Gasteiger partial charge in [0.1, 0.15) is 0 Å². The third kappa shape index (κ3) is 5.45. The van der Waals surface area contributed by atoms with Crippen molar-refractivity contribution in [3.8, 4) is 0 Å². The number of carbonyl (C=O) groups excluding carboxylic acids is 1. The SMILES string of the molecule is CCCCCCCC(=O)c1ccc(C(F)(F)F)cc1. The Labute approximate surface area is 111 Å². The monoisotopic (exact) mass is 272 g/mol. The number of hydrogen-bond donors (Lipinski definition) is 0. The molecule has 0 atom stereocenters. The van der Waals surface area contributed by atoms with E-state index >= 15 is 0 Å². The van der Waals surface area contributed by atoms with Gasteiger partial charge < -0.3 is 0 Å². The van der Waals surface area contributed by atoms with Crippen LogP contribution in [-0.4, -0.2) is 5.78 Å². The number of alkyl halides is 3. The fraction of sp³-hybridized carbons (Fsp3) is 0.533. The van der Waals surface area contributed by atoms with Crippen molar-refractivity contribution < 1.29 is 18.0 Å². The van der Waals surface area contributed by atoms with Crippen LogP contribution in [0.2, 0.25) is 0 Å². The molecule has 0 heterocycles. The summed E-state index contributed by atoms with van der Waals surface area (Å²) in [5.74, 6) is -0.0785. The Bertz CT molecular complexity index is 393. The van der Waals surface area contributed by atoms with Crippen molar-refractivity contribution in [2.24, 2.45) is 0 Å². The highest BCUT2D eigenvalue weighted by Gasteiger charge is 2.30. The molecule has 0 saturated carbocycles. The molecular weight excluding hydrogens is 253 g/mol. The van der Waals surface area contributed by atoms with Gasteiger partial charge in [-0.2, -0.15) is 13.2 Å². The molecule has 0 fully saturated rings. The Hall–Kier alpha value is -1.32. The number of Topliss-reactive ketones (excluding diaryl/α,β-unsaturated/α-hetero) is 1. The van der Waals surface area contributed by atoms with Crippen molar-refractivity contribution in [1.82, 2.24) is 0 Å². The van der Waals surface area contributed by atoms with Crippen molar-refractivity contribution in [3.05, 3.63) is 35.4 Å². The van der Waals surface area contributed by atoms with E-state index in [1.54, 1.807) is 0 Å². The summed E-state index contributed by atoms with van der Waals surface area (Å²) in [6, 6.07) is 4.45. The lowest BCUT2D eigenvalue weighted by molar-refractivity contribution is -0.137. The first-order valence-electron chi connectivity index (χ1n) is 6.65. The summed E-state index contributed by atoms with van der Waals surface area (Å²) in [6.07, 6.45) is 1.29. The summed E-state index contributed by atoms with van der Waals surface area (Å²) in [5.41, 5.74) is -0.351. The van der Waals surface area contributed by atoms with Gasteiger partial charge in [0.15, 0.2) is 5.78 Å². The lowest BCUT2D eigenvalue weighted by Gasteiger charge is -2.07. The van der Waals surface area contributed by atoms with E-state index in [1.165, 1.54) is 12.1 Å². The van der Waals surface area contributed by atoms with Crippen LogP contribution in [0, 0.1) is 0 Å². The number of halogens is 3. The number of benzene rings is 1. The van der Waals surface area contributed by atoms with Gasteiger partial charge >= 0.3 is 6.18 Å². The molecule has 0 aromatic heterocycles. The lowest BCUT2D eigenvalue weighted by atomic mass is 10.0. The average Bonchev–Trinajstić information content (AvgIpc) is 2.37. The van der Waals surface area contributed by atoms with Crippen LogP contribution in [0.3, 0.4) is 0 Å². The minimum atomic E-state index is -4.35. The molecule has 1 nitrogen and oxygen atoms in total. The van der Waals surface area contributed by atoms with Crippen molar-refractivity contribution in [3.63, 3.8) is 0 Å². The van der Waals surface area contributed by atoms with Crippen molar-refractivity contribution in [1.29, 1.82) is 0 Å². The van der Waals surface area contributed by atoms with Crippen molar-refractivity contribution in [2.75, 3.05) is 0 Å². The van der Waals surface area contributed by atoms with Crippen LogP contribution in [0.4, 0.5) is 13.2 Å². The van der Waals surface area contributed by atoms with E-state index in [9.17, 15) is 18.0 Å². The normalized spacial score (nSPS) is 11.6. The number of carbonyl (C=O) groups is 1. The molecule has 0 aliphatic rings. The second-order valence-corrected chi connectivity index (χ2v) is 4.66. The highest BCUT2D eigenvalue weighted by Crippen LogP contribution is 2.29. The van der Waals surface area contributed by atoms with Crippen LogP contribution in [0.1, 0.15) is 61.4 Å². The number of rotatable bonds is 7. The predicted molar refractivity (Wildman–Crippen MR) is 69.2 cm³/mol. The van der Waals surface area contributed by atoms with Gasteiger partial charge in [-0.1, -0.05) is 44.7 Å². The Morgan fingerprint density at radius 1 is 1.00 bits per heavy atom. The van der Waals surface area contributed by atoms with E-state index in [-0.39, 0.29) is 5.78 Å². The molecule has 4 heteroatoms. The zero-order valence-electron chi connectivity index (χ0n) is 11.1.